The molecular weight excluding hydrogens is 410 g/mol. The van der Waals surface area contributed by atoms with Crippen LogP contribution in [0.4, 0.5) is 0 Å². The van der Waals surface area contributed by atoms with E-state index in [1.54, 1.807) is 12.1 Å². The summed E-state index contributed by atoms with van der Waals surface area (Å²) < 4.78 is 0. The molecule has 0 radical (unpaired) electrons. The summed E-state index contributed by atoms with van der Waals surface area (Å²) >= 11 is 27.9. The fraction of sp³-hybridized carbons (Fsp3) is 0.294. The van der Waals surface area contributed by atoms with Gasteiger partial charge >= 0.3 is 0 Å². The van der Waals surface area contributed by atoms with E-state index in [1.807, 2.05) is 47.8 Å². The van der Waals surface area contributed by atoms with E-state index in [0.717, 1.165) is 50.6 Å². The van der Waals surface area contributed by atoms with Gasteiger partial charge < -0.3 is 0 Å². The first-order chi connectivity index (χ1) is 11.1. The number of hydrogen-bond donors (Lipinski definition) is 0. The van der Waals surface area contributed by atoms with Crippen LogP contribution in [-0.2, 0) is 11.5 Å². The van der Waals surface area contributed by atoms with Gasteiger partial charge in [0.25, 0.3) is 0 Å². The average molecular weight is 426 g/mol. The lowest BCUT2D eigenvalue weighted by Gasteiger charge is -2.06. The molecule has 0 bridgehead atoms. The number of halogens is 4. The van der Waals surface area contributed by atoms with Crippen LogP contribution in [0.25, 0.3) is 0 Å². The van der Waals surface area contributed by atoms with Crippen molar-refractivity contribution in [3.63, 3.8) is 0 Å². The van der Waals surface area contributed by atoms with Gasteiger partial charge in [-0.1, -0.05) is 58.5 Å². The molecule has 2 aromatic carbocycles. The second-order valence-corrected chi connectivity index (χ2v) is 8.83. The Balaban J connectivity index is 1.61. The molecule has 0 spiro atoms. The highest BCUT2D eigenvalue weighted by molar-refractivity contribution is 7.99. The van der Waals surface area contributed by atoms with Crippen molar-refractivity contribution >= 4 is 69.9 Å². The minimum Gasteiger partial charge on any atom is -0.157 e. The first kappa shape index (κ1) is 19.6. The van der Waals surface area contributed by atoms with E-state index < -0.39 is 0 Å². The van der Waals surface area contributed by atoms with E-state index in [0.29, 0.717) is 10.0 Å². The van der Waals surface area contributed by atoms with Crippen molar-refractivity contribution in [1.29, 1.82) is 0 Å². The van der Waals surface area contributed by atoms with Crippen LogP contribution in [0, 0.1) is 0 Å². The predicted molar refractivity (Wildman–Crippen MR) is 110 cm³/mol. The third kappa shape index (κ3) is 6.97. The summed E-state index contributed by atoms with van der Waals surface area (Å²) in [5, 5.41) is 2.86. The Kier molecular flexibility index (Phi) is 8.81. The number of thioether (sulfide) groups is 2. The van der Waals surface area contributed by atoms with Gasteiger partial charge in [-0.3, -0.25) is 0 Å². The molecule has 0 fully saturated rings. The maximum atomic E-state index is 6.16. The highest BCUT2D eigenvalue weighted by Gasteiger charge is 2.03. The molecule has 0 unspecified atom stereocenters. The van der Waals surface area contributed by atoms with Crippen LogP contribution in [0.2, 0.25) is 20.1 Å². The van der Waals surface area contributed by atoms with Crippen molar-refractivity contribution in [2.75, 3.05) is 11.5 Å². The Morgan fingerprint density at radius 2 is 1.09 bits per heavy atom. The predicted octanol–water partition coefficient (Wildman–Crippen LogP) is 7.86. The second-order valence-electron chi connectivity index (χ2n) is 4.93. The van der Waals surface area contributed by atoms with Gasteiger partial charge in [0.2, 0.25) is 0 Å². The SMILES string of the molecule is Clc1ccc(CSCCCSCc2ccc(Cl)cc2Cl)c(Cl)c1. The summed E-state index contributed by atoms with van der Waals surface area (Å²) in [6.07, 6.45) is 1.16. The molecule has 0 saturated heterocycles. The van der Waals surface area contributed by atoms with Gasteiger partial charge in [0.15, 0.2) is 0 Å². The molecular formula is C17H16Cl4S2. The minimum atomic E-state index is 0.681. The van der Waals surface area contributed by atoms with Crippen molar-refractivity contribution in [3.05, 3.63) is 67.6 Å². The third-order valence-corrected chi connectivity index (χ3v) is 6.48. The van der Waals surface area contributed by atoms with Gasteiger partial charge in [0, 0.05) is 31.6 Å². The number of rotatable bonds is 8. The smallest absolute Gasteiger partial charge is 0.0461 e. The molecule has 0 amide bonds. The highest BCUT2D eigenvalue weighted by Crippen LogP contribution is 2.27. The molecule has 0 saturated carbocycles. The summed E-state index contributed by atoms with van der Waals surface area (Å²) in [7, 11) is 0. The van der Waals surface area contributed by atoms with Crippen LogP contribution in [-0.4, -0.2) is 11.5 Å². The topological polar surface area (TPSA) is 0 Å². The normalized spacial score (nSPS) is 11.0. The van der Waals surface area contributed by atoms with E-state index in [4.69, 9.17) is 46.4 Å². The molecule has 6 heteroatoms. The molecule has 2 aromatic rings. The van der Waals surface area contributed by atoms with Crippen molar-refractivity contribution < 1.29 is 0 Å². The molecule has 0 aromatic heterocycles. The summed E-state index contributed by atoms with van der Waals surface area (Å²) in [5.74, 6) is 4.06. The zero-order valence-electron chi connectivity index (χ0n) is 12.3. The van der Waals surface area contributed by atoms with Crippen molar-refractivity contribution in [1.82, 2.24) is 0 Å². The summed E-state index contributed by atoms with van der Waals surface area (Å²) in [5.41, 5.74) is 2.28. The van der Waals surface area contributed by atoms with Gasteiger partial charge in [-0.15, -0.1) is 0 Å². The maximum Gasteiger partial charge on any atom is 0.0461 e. The lowest BCUT2D eigenvalue weighted by atomic mass is 10.2. The summed E-state index contributed by atoms with van der Waals surface area (Å²) in [6.45, 7) is 0. The van der Waals surface area contributed by atoms with Crippen molar-refractivity contribution in [2.24, 2.45) is 0 Å². The fourth-order valence-electron chi connectivity index (χ4n) is 1.90. The molecule has 2 rings (SSSR count). The molecule has 0 nitrogen and oxygen atoms in total. The molecule has 0 atom stereocenters. The maximum absolute atomic E-state index is 6.16. The highest BCUT2D eigenvalue weighted by atomic mass is 35.5. The Morgan fingerprint density at radius 3 is 1.48 bits per heavy atom. The van der Waals surface area contributed by atoms with Crippen LogP contribution in [0.1, 0.15) is 17.5 Å². The number of hydrogen-bond acceptors (Lipinski definition) is 2. The molecule has 0 heterocycles. The van der Waals surface area contributed by atoms with Crippen molar-refractivity contribution in [3.8, 4) is 0 Å². The molecule has 0 aliphatic rings. The Morgan fingerprint density at radius 1 is 0.652 bits per heavy atom. The van der Waals surface area contributed by atoms with Crippen molar-refractivity contribution in [2.45, 2.75) is 17.9 Å². The van der Waals surface area contributed by atoms with Crippen LogP contribution in [0.15, 0.2) is 36.4 Å². The largest absolute Gasteiger partial charge is 0.157 e. The minimum absolute atomic E-state index is 0.681. The van der Waals surface area contributed by atoms with Gasteiger partial charge in [0.1, 0.15) is 0 Å². The van der Waals surface area contributed by atoms with E-state index in [2.05, 4.69) is 0 Å². The Hall–Kier alpha value is 0.300. The quantitative estimate of drug-likeness (QED) is 0.394. The second kappa shape index (κ2) is 10.3. The monoisotopic (exact) mass is 424 g/mol. The van der Waals surface area contributed by atoms with Gasteiger partial charge in [-0.2, -0.15) is 23.5 Å². The molecule has 124 valence electrons. The Labute approximate surface area is 166 Å². The van der Waals surface area contributed by atoms with Gasteiger partial charge in [-0.05, 0) is 53.3 Å². The molecule has 0 aliphatic heterocycles. The Bertz CT molecular complexity index is 591. The van der Waals surface area contributed by atoms with Gasteiger partial charge in [-0.25, -0.2) is 0 Å². The third-order valence-electron chi connectivity index (χ3n) is 3.12. The zero-order chi connectivity index (χ0) is 16.7. The molecule has 23 heavy (non-hydrogen) atoms. The van der Waals surface area contributed by atoms with Crippen LogP contribution >= 0.6 is 69.9 Å². The fourth-order valence-corrected chi connectivity index (χ4v) is 5.13. The lowest BCUT2D eigenvalue weighted by molar-refractivity contribution is 1.12. The first-order valence-electron chi connectivity index (χ1n) is 7.09. The average Bonchev–Trinajstić information content (AvgIpc) is 2.50. The van der Waals surface area contributed by atoms with Crippen LogP contribution in [0.5, 0.6) is 0 Å². The van der Waals surface area contributed by atoms with E-state index in [-0.39, 0.29) is 0 Å². The van der Waals surface area contributed by atoms with Gasteiger partial charge in [0.05, 0.1) is 0 Å². The molecule has 0 aliphatic carbocycles. The first-order valence-corrected chi connectivity index (χ1v) is 10.9. The summed E-state index contributed by atoms with van der Waals surface area (Å²) in [4.78, 5) is 0. The lowest BCUT2D eigenvalue weighted by Crippen LogP contribution is -1.89. The molecule has 0 N–H and O–H groups in total. The van der Waals surface area contributed by atoms with E-state index in [9.17, 15) is 0 Å². The standard InChI is InChI=1S/C17H16Cl4S2/c18-14-4-2-12(16(20)8-14)10-22-6-1-7-23-11-13-3-5-15(19)9-17(13)21/h2-5,8-9H,1,6-7,10-11H2. The van der Waals surface area contributed by atoms with Crippen LogP contribution < -0.4 is 0 Å². The van der Waals surface area contributed by atoms with E-state index >= 15 is 0 Å². The number of benzene rings is 2. The summed E-state index contributed by atoms with van der Waals surface area (Å²) in [6, 6.07) is 11.4. The van der Waals surface area contributed by atoms with E-state index in [1.165, 1.54) is 0 Å². The van der Waals surface area contributed by atoms with Crippen LogP contribution in [0.3, 0.4) is 0 Å². The zero-order valence-corrected chi connectivity index (χ0v) is 17.0.